The van der Waals surface area contributed by atoms with E-state index in [0.29, 0.717) is 0 Å². The van der Waals surface area contributed by atoms with Crippen molar-refractivity contribution in [2.24, 2.45) is 10.9 Å². The monoisotopic (exact) mass is 231 g/mol. The van der Waals surface area contributed by atoms with E-state index in [1.807, 2.05) is 44.2 Å². The third-order valence-corrected chi connectivity index (χ3v) is 2.86. The van der Waals surface area contributed by atoms with Crippen LogP contribution in [0.25, 0.3) is 0 Å². The molecule has 1 heterocycles. The topological polar surface area (TPSA) is 38.7 Å². The zero-order chi connectivity index (χ0) is 12.4. The zero-order valence-electron chi connectivity index (χ0n) is 10.4. The molecule has 90 valence electrons. The molecule has 1 aliphatic heterocycles. The summed E-state index contributed by atoms with van der Waals surface area (Å²) in [5.41, 5.74) is 1.92. The van der Waals surface area contributed by atoms with Crippen LogP contribution in [0.1, 0.15) is 26.3 Å². The van der Waals surface area contributed by atoms with Crippen molar-refractivity contribution in [1.82, 2.24) is 0 Å². The van der Waals surface area contributed by atoms with Gasteiger partial charge in [0, 0.05) is 0 Å². The first-order valence-corrected chi connectivity index (χ1v) is 5.93. The fourth-order valence-electron chi connectivity index (χ4n) is 1.91. The average Bonchev–Trinajstić information content (AvgIpc) is 2.33. The van der Waals surface area contributed by atoms with Crippen LogP contribution in [-0.4, -0.2) is 23.8 Å². The Labute approximate surface area is 102 Å². The Hall–Kier alpha value is -1.64. The highest BCUT2D eigenvalue weighted by atomic mass is 16.5. The normalized spacial score (nSPS) is 24.5. The van der Waals surface area contributed by atoms with Crippen LogP contribution in [0.4, 0.5) is 0 Å². The van der Waals surface area contributed by atoms with Crippen LogP contribution in [-0.2, 0) is 9.53 Å². The smallest absolute Gasteiger partial charge is 0.331 e. The van der Waals surface area contributed by atoms with Gasteiger partial charge in [-0.2, -0.15) is 0 Å². The molecule has 1 aromatic carbocycles. The molecule has 0 unspecified atom stereocenters. The molecule has 2 atom stereocenters. The number of esters is 1. The minimum Gasteiger partial charge on any atom is -0.454 e. The van der Waals surface area contributed by atoms with Gasteiger partial charge in [0.2, 0.25) is 0 Å². The number of carbonyl (C=O) groups excluding carboxylic acids is 1. The number of aliphatic imine (C=N–C) groups is 1. The number of rotatable bonds is 2. The van der Waals surface area contributed by atoms with Crippen LogP contribution in [0.5, 0.6) is 0 Å². The zero-order valence-corrected chi connectivity index (χ0v) is 10.4. The molecule has 0 fully saturated rings. The summed E-state index contributed by atoms with van der Waals surface area (Å²) in [5, 5.41) is 0. The summed E-state index contributed by atoms with van der Waals surface area (Å²) in [6.45, 7) is 5.83. The summed E-state index contributed by atoms with van der Waals surface area (Å²) in [6.07, 6.45) is -0.235. The van der Waals surface area contributed by atoms with Crippen molar-refractivity contribution in [1.29, 1.82) is 0 Å². The maximum Gasteiger partial charge on any atom is 0.331 e. The van der Waals surface area contributed by atoms with Crippen LogP contribution in [0.3, 0.4) is 0 Å². The highest BCUT2D eigenvalue weighted by Gasteiger charge is 2.32. The van der Waals surface area contributed by atoms with Gasteiger partial charge in [-0.25, -0.2) is 4.79 Å². The Morgan fingerprint density at radius 1 is 1.24 bits per heavy atom. The van der Waals surface area contributed by atoms with E-state index < -0.39 is 6.04 Å². The van der Waals surface area contributed by atoms with E-state index in [2.05, 4.69) is 4.99 Å². The number of ether oxygens (including phenoxy) is 1. The van der Waals surface area contributed by atoms with Gasteiger partial charge in [-0.15, -0.1) is 0 Å². The number of hydrogen-bond acceptors (Lipinski definition) is 3. The lowest BCUT2D eigenvalue weighted by Gasteiger charge is -2.29. The average molecular weight is 231 g/mol. The van der Waals surface area contributed by atoms with Crippen molar-refractivity contribution < 1.29 is 9.53 Å². The second-order valence-electron chi connectivity index (χ2n) is 4.66. The molecule has 2 rings (SSSR count). The minimum atomic E-state index is -0.403. The van der Waals surface area contributed by atoms with Crippen LogP contribution < -0.4 is 0 Å². The van der Waals surface area contributed by atoms with Crippen molar-refractivity contribution in [2.75, 3.05) is 0 Å². The molecule has 1 aromatic rings. The maximum atomic E-state index is 11.6. The van der Waals surface area contributed by atoms with E-state index >= 15 is 0 Å². The summed E-state index contributed by atoms with van der Waals surface area (Å²) in [4.78, 5) is 16.0. The van der Waals surface area contributed by atoms with Gasteiger partial charge < -0.3 is 4.74 Å². The Morgan fingerprint density at radius 2 is 1.88 bits per heavy atom. The third-order valence-electron chi connectivity index (χ3n) is 2.86. The van der Waals surface area contributed by atoms with E-state index in [1.54, 1.807) is 6.92 Å². The maximum absolute atomic E-state index is 11.6. The molecule has 17 heavy (non-hydrogen) atoms. The number of benzene rings is 1. The van der Waals surface area contributed by atoms with Crippen LogP contribution in [0.15, 0.2) is 35.3 Å². The standard InChI is InChI=1S/C14H17NO2/c1-9(2)13-12(11-7-5-4-6-8-11)15-10(3)14(16)17-13/h4-10,13H,1-3H3/t10-,13+/m0/s1. The van der Waals surface area contributed by atoms with Gasteiger partial charge in [0.1, 0.15) is 12.1 Å². The minimum absolute atomic E-state index is 0.227. The molecule has 0 amide bonds. The van der Waals surface area contributed by atoms with Crippen LogP contribution >= 0.6 is 0 Å². The van der Waals surface area contributed by atoms with Gasteiger partial charge in [-0.05, 0) is 18.4 Å². The third kappa shape index (κ3) is 2.38. The van der Waals surface area contributed by atoms with Crippen molar-refractivity contribution in [3.8, 4) is 0 Å². The number of nitrogens with zero attached hydrogens (tertiary/aromatic N) is 1. The summed E-state index contributed by atoms with van der Waals surface area (Å²) in [7, 11) is 0. The summed E-state index contributed by atoms with van der Waals surface area (Å²) in [6, 6.07) is 9.50. The predicted molar refractivity (Wildman–Crippen MR) is 67.2 cm³/mol. The fourth-order valence-corrected chi connectivity index (χ4v) is 1.91. The fraction of sp³-hybridized carbons (Fsp3) is 0.429. The molecule has 0 aromatic heterocycles. The van der Waals surface area contributed by atoms with Gasteiger partial charge in [-0.3, -0.25) is 4.99 Å². The van der Waals surface area contributed by atoms with Gasteiger partial charge in [0.05, 0.1) is 5.71 Å². The van der Waals surface area contributed by atoms with Gasteiger partial charge in [0.25, 0.3) is 0 Å². The van der Waals surface area contributed by atoms with Crippen LogP contribution in [0.2, 0.25) is 0 Å². The van der Waals surface area contributed by atoms with E-state index in [9.17, 15) is 4.79 Å². The molecule has 0 saturated carbocycles. The Morgan fingerprint density at radius 3 is 2.47 bits per heavy atom. The lowest BCUT2D eigenvalue weighted by molar-refractivity contribution is -0.149. The first kappa shape index (κ1) is 11.8. The Bertz CT molecular complexity index is 437. The highest BCUT2D eigenvalue weighted by Crippen LogP contribution is 2.21. The van der Waals surface area contributed by atoms with E-state index in [0.717, 1.165) is 11.3 Å². The van der Waals surface area contributed by atoms with Gasteiger partial charge in [-0.1, -0.05) is 44.2 Å². The molecular weight excluding hydrogens is 214 g/mol. The number of carbonyl (C=O) groups is 1. The summed E-state index contributed by atoms with van der Waals surface area (Å²) >= 11 is 0. The lowest BCUT2D eigenvalue weighted by Crippen LogP contribution is -2.41. The first-order valence-electron chi connectivity index (χ1n) is 5.93. The molecule has 3 nitrogen and oxygen atoms in total. The second-order valence-corrected chi connectivity index (χ2v) is 4.66. The summed E-state index contributed by atoms with van der Waals surface area (Å²) in [5.74, 6) is -0.00575. The van der Waals surface area contributed by atoms with Gasteiger partial charge in [0.15, 0.2) is 0 Å². The molecule has 3 heteroatoms. The molecule has 0 saturated heterocycles. The molecule has 0 N–H and O–H groups in total. The van der Waals surface area contributed by atoms with E-state index in [4.69, 9.17) is 4.74 Å². The Kier molecular flexibility index (Phi) is 3.27. The van der Waals surface area contributed by atoms with Crippen molar-refractivity contribution in [3.63, 3.8) is 0 Å². The molecule has 0 spiro atoms. The highest BCUT2D eigenvalue weighted by molar-refractivity contribution is 6.07. The first-order chi connectivity index (χ1) is 8.09. The lowest BCUT2D eigenvalue weighted by atomic mass is 9.95. The van der Waals surface area contributed by atoms with E-state index in [1.165, 1.54) is 0 Å². The number of hydrogen-bond donors (Lipinski definition) is 0. The molecule has 0 aliphatic carbocycles. The molecule has 1 aliphatic rings. The van der Waals surface area contributed by atoms with Crippen LogP contribution in [0, 0.1) is 5.92 Å². The Balaban J connectivity index is 2.41. The SMILES string of the molecule is CC(C)[C@H]1OC(=O)[C@H](C)N=C1c1ccccc1. The van der Waals surface area contributed by atoms with Crippen molar-refractivity contribution in [3.05, 3.63) is 35.9 Å². The van der Waals surface area contributed by atoms with E-state index in [-0.39, 0.29) is 18.0 Å². The molecule has 0 bridgehead atoms. The largest absolute Gasteiger partial charge is 0.454 e. The van der Waals surface area contributed by atoms with Crippen molar-refractivity contribution >= 4 is 11.7 Å². The van der Waals surface area contributed by atoms with Crippen molar-refractivity contribution in [2.45, 2.75) is 32.9 Å². The van der Waals surface area contributed by atoms with Gasteiger partial charge >= 0.3 is 5.97 Å². The number of cyclic esters (lactones) is 1. The summed E-state index contributed by atoms with van der Waals surface area (Å²) < 4.78 is 5.46. The predicted octanol–water partition coefficient (Wildman–Crippen LogP) is 2.45. The molecular formula is C14H17NO2. The second kappa shape index (κ2) is 4.70. The quantitative estimate of drug-likeness (QED) is 0.733. The molecule has 0 radical (unpaired) electrons.